The number of rotatable bonds is 12. The highest BCUT2D eigenvalue weighted by Crippen LogP contribution is 2.21. The van der Waals surface area contributed by atoms with Crippen LogP contribution in [-0.2, 0) is 22.6 Å². The molecule has 0 aliphatic carbocycles. The fourth-order valence-corrected chi connectivity index (χ4v) is 4.37. The maximum Gasteiger partial charge on any atom is 0.407 e. The minimum Gasteiger partial charge on any atom is -0.465 e. The molecular formula is C29H38FN7O5. The van der Waals surface area contributed by atoms with Crippen molar-refractivity contribution in [1.82, 2.24) is 29.3 Å². The molecule has 42 heavy (non-hydrogen) atoms. The first-order chi connectivity index (χ1) is 19.8. The topological polar surface area (TPSA) is 154 Å². The second kappa shape index (κ2) is 13.9. The zero-order valence-electron chi connectivity index (χ0n) is 24.8. The lowest BCUT2D eigenvalue weighted by Gasteiger charge is -2.21. The summed E-state index contributed by atoms with van der Waals surface area (Å²) < 4.78 is 15.9. The van der Waals surface area contributed by atoms with Crippen LogP contribution in [-0.4, -0.2) is 80.0 Å². The SMILES string of the molecule is Cc1ccc(NC(=O)[C@@H](CC/C=C/C(=O)N(C)C)CN(C)C(=O)O)c(=O)n1Cc1nc2c(F)cnc(CC(C)C)c2[nH]1. The second-order valence-corrected chi connectivity index (χ2v) is 10.9. The quantitative estimate of drug-likeness (QED) is 0.276. The molecule has 0 fully saturated rings. The normalized spacial score (nSPS) is 12.2. The Labute approximate surface area is 243 Å². The molecule has 0 unspecified atom stereocenters. The number of halogens is 1. The molecule has 0 radical (unpaired) electrons. The van der Waals surface area contributed by atoms with Gasteiger partial charge in [0.15, 0.2) is 5.82 Å². The summed E-state index contributed by atoms with van der Waals surface area (Å²) in [6, 6.07) is 3.16. The summed E-state index contributed by atoms with van der Waals surface area (Å²) in [6.45, 7) is 5.69. The zero-order valence-corrected chi connectivity index (χ0v) is 24.8. The zero-order chi connectivity index (χ0) is 31.1. The van der Waals surface area contributed by atoms with Gasteiger partial charge in [0, 0.05) is 33.4 Å². The standard InChI is InChI=1S/C29H38FN7O5/c1-17(2)13-22-26-25(20(30)14-31-22)33-23(34-26)16-37-18(3)11-12-21(28(37)40)32-27(39)19(15-36(6)29(41)42)9-7-8-10-24(38)35(4)5/h8,10-12,14,17,19H,7,9,13,15-16H2,1-6H3,(H,32,39)(H,33,34)(H,41,42)/b10-8+/t19-/m0/s1. The molecule has 226 valence electrons. The van der Waals surface area contributed by atoms with Crippen LogP contribution in [0, 0.1) is 24.6 Å². The summed E-state index contributed by atoms with van der Waals surface area (Å²) in [4.78, 5) is 64.0. The largest absolute Gasteiger partial charge is 0.465 e. The molecular weight excluding hydrogens is 545 g/mol. The first-order valence-electron chi connectivity index (χ1n) is 13.6. The average molecular weight is 584 g/mol. The molecule has 3 amide bonds. The monoisotopic (exact) mass is 583 g/mol. The maximum atomic E-state index is 14.5. The average Bonchev–Trinajstić information content (AvgIpc) is 3.36. The van der Waals surface area contributed by atoms with Gasteiger partial charge in [-0.25, -0.2) is 14.2 Å². The number of imidazole rings is 1. The number of nitrogens with one attached hydrogen (secondary N) is 2. The number of pyridine rings is 2. The minimum atomic E-state index is -1.20. The molecule has 3 aromatic heterocycles. The van der Waals surface area contributed by atoms with Crippen LogP contribution in [0.25, 0.3) is 11.0 Å². The third-order valence-corrected chi connectivity index (χ3v) is 6.74. The van der Waals surface area contributed by atoms with E-state index >= 15 is 0 Å². The molecule has 3 aromatic rings. The van der Waals surface area contributed by atoms with E-state index in [1.807, 2.05) is 13.8 Å². The fraction of sp³-hybridized carbons (Fsp3) is 0.448. The molecule has 3 N–H and O–H groups in total. The molecule has 3 rings (SSSR count). The van der Waals surface area contributed by atoms with Crippen molar-refractivity contribution in [3.05, 3.63) is 63.9 Å². The summed E-state index contributed by atoms with van der Waals surface area (Å²) >= 11 is 0. The Morgan fingerprint density at radius 1 is 1.21 bits per heavy atom. The highest BCUT2D eigenvalue weighted by molar-refractivity contribution is 5.92. The van der Waals surface area contributed by atoms with Gasteiger partial charge in [0.05, 0.1) is 29.9 Å². The van der Waals surface area contributed by atoms with Gasteiger partial charge in [0.1, 0.15) is 17.0 Å². The number of amides is 3. The Kier molecular flexibility index (Phi) is 10.6. The Bertz CT molecular complexity index is 1540. The Morgan fingerprint density at radius 3 is 2.57 bits per heavy atom. The van der Waals surface area contributed by atoms with Gasteiger partial charge in [0.2, 0.25) is 11.8 Å². The van der Waals surface area contributed by atoms with Crippen molar-refractivity contribution in [2.75, 3.05) is 33.0 Å². The van der Waals surface area contributed by atoms with Crippen molar-refractivity contribution in [2.45, 2.75) is 46.6 Å². The van der Waals surface area contributed by atoms with Crippen LogP contribution < -0.4 is 10.9 Å². The van der Waals surface area contributed by atoms with Gasteiger partial charge in [-0.3, -0.25) is 19.4 Å². The van der Waals surface area contributed by atoms with Gasteiger partial charge in [-0.15, -0.1) is 0 Å². The van der Waals surface area contributed by atoms with Crippen molar-refractivity contribution >= 4 is 34.6 Å². The molecule has 0 saturated heterocycles. The predicted octanol–water partition coefficient (Wildman–Crippen LogP) is 3.40. The molecule has 12 nitrogen and oxygen atoms in total. The smallest absolute Gasteiger partial charge is 0.407 e. The van der Waals surface area contributed by atoms with E-state index in [9.17, 15) is 28.7 Å². The Hall–Kier alpha value is -4.55. The lowest BCUT2D eigenvalue weighted by Crippen LogP contribution is -2.37. The summed E-state index contributed by atoms with van der Waals surface area (Å²) in [5, 5.41) is 12.0. The van der Waals surface area contributed by atoms with E-state index in [1.165, 1.54) is 28.7 Å². The number of carboxylic acid groups (broad SMARTS) is 1. The van der Waals surface area contributed by atoms with Crippen LogP contribution in [0.5, 0.6) is 0 Å². The number of H-pyrrole nitrogens is 1. The van der Waals surface area contributed by atoms with Gasteiger partial charge in [-0.05, 0) is 50.3 Å². The Balaban J connectivity index is 1.85. The molecule has 0 saturated carbocycles. The predicted molar refractivity (Wildman–Crippen MR) is 157 cm³/mol. The van der Waals surface area contributed by atoms with Crippen LogP contribution in [0.15, 0.2) is 35.3 Å². The number of aryl methyl sites for hydroxylation is 1. The first kappa shape index (κ1) is 32.0. The van der Waals surface area contributed by atoms with Crippen molar-refractivity contribution < 1.29 is 23.9 Å². The molecule has 3 heterocycles. The van der Waals surface area contributed by atoms with Crippen LogP contribution in [0.1, 0.15) is 43.9 Å². The number of aromatic amines is 1. The molecule has 13 heteroatoms. The van der Waals surface area contributed by atoms with Gasteiger partial charge in [-0.2, -0.15) is 0 Å². The van der Waals surface area contributed by atoms with Gasteiger partial charge >= 0.3 is 6.09 Å². The van der Waals surface area contributed by atoms with Crippen molar-refractivity contribution in [3.8, 4) is 0 Å². The molecule has 1 atom stereocenters. The molecule has 0 aliphatic rings. The second-order valence-electron chi connectivity index (χ2n) is 10.9. The van der Waals surface area contributed by atoms with E-state index in [0.29, 0.717) is 41.5 Å². The minimum absolute atomic E-state index is 0.000502. The van der Waals surface area contributed by atoms with Crippen molar-refractivity contribution in [2.24, 2.45) is 11.8 Å². The van der Waals surface area contributed by atoms with E-state index in [-0.39, 0.29) is 36.6 Å². The maximum absolute atomic E-state index is 14.5. The molecule has 0 spiro atoms. The lowest BCUT2D eigenvalue weighted by atomic mass is 10.0. The first-order valence-corrected chi connectivity index (χ1v) is 13.6. The summed E-state index contributed by atoms with van der Waals surface area (Å²) in [7, 11) is 4.59. The van der Waals surface area contributed by atoms with Gasteiger partial charge in [0.25, 0.3) is 5.56 Å². The van der Waals surface area contributed by atoms with Crippen molar-refractivity contribution in [1.29, 1.82) is 0 Å². The third-order valence-electron chi connectivity index (χ3n) is 6.74. The van der Waals surface area contributed by atoms with Crippen LogP contribution >= 0.6 is 0 Å². The number of carbonyl (C=O) groups excluding carboxylic acids is 2. The highest BCUT2D eigenvalue weighted by atomic mass is 19.1. The van der Waals surface area contributed by atoms with Crippen LogP contribution in [0.2, 0.25) is 0 Å². The summed E-state index contributed by atoms with van der Waals surface area (Å²) in [6.07, 6.45) is 4.18. The highest BCUT2D eigenvalue weighted by Gasteiger charge is 2.23. The Morgan fingerprint density at radius 2 is 1.93 bits per heavy atom. The third kappa shape index (κ3) is 8.02. The van der Waals surface area contributed by atoms with Gasteiger partial charge in [-0.1, -0.05) is 19.9 Å². The molecule has 0 aliphatic heterocycles. The summed E-state index contributed by atoms with van der Waals surface area (Å²) in [5.41, 5.74) is 1.43. The van der Waals surface area contributed by atoms with Crippen LogP contribution in [0.3, 0.4) is 0 Å². The number of nitrogens with zero attached hydrogens (tertiary/aromatic N) is 5. The number of hydrogen-bond acceptors (Lipinski definition) is 6. The fourth-order valence-electron chi connectivity index (χ4n) is 4.37. The number of allylic oxidation sites excluding steroid dienone is 1. The van der Waals surface area contributed by atoms with Crippen LogP contribution in [0.4, 0.5) is 14.9 Å². The number of likely N-dealkylation sites (N-methyl/N-ethyl adjacent to an activating group) is 1. The number of anilines is 1. The summed E-state index contributed by atoms with van der Waals surface area (Å²) in [5.74, 6) is -1.45. The molecule has 0 aromatic carbocycles. The van der Waals surface area contributed by atoms with E-state index in [0.717, 1.165) is 11.1 Å². The number of fused-ring (bicyclic) bond motifs is 1. The van der Waals surface area contributed by atoms with E-state index in [2.05, 4.69) is 20.3 Å². The number of hydrogen-bond donors (Lipinski definition) is 3. The van der Waals surface area contributed by atoms with E-state index < -0.39 is 29.3 Å². The lowest BCUT2D eigenvalue weighted by molar-refractivity contribution is -0.123. The van der Waals surface area contributed by atoms with E-state index in [1.54, 1.807) is 33.2 Å². The van der Waals surface area contributed by atoms with Gasteiger partial charge < -0.3 is 29.8 Å². The molecule has 0 bridgehead atoms. The van der Waals surface area contributed by atoms with E-state index in [4.69, 9.17) is 0 Å². The number of aromatic nitrogens is 4. The number of carbonyl (C=O) groups is 3. The van der Waals surface area contributed by atoms with Crippen molar-refractivity contribution in [3.63, 3.8) is 0 Å².